The Kier molecular flexibility index (Phi) is 11.5. The number of aliphatic hydroxyl groups is 1. The van der Waals surface area contributed by atoms with E-state index >= 15 is 9.18 Å². The van der Waals surface area contributed by atoms with Crippen LogP contribution in [0.15, 0.2) is 76.8 Å². The summed E-state index contributed by atoms with van der Waals surface area (Å²) in [7, 11) is -0.873. The van der Waals surface area contributed by atoms with Gasteiger partial charge in [0, 0.05) is 85.4 Å². The van der Waals surface area contributed by atoms with Gasteiger partial charge in [0.15, 0.2) is 5.84 Å². The number of fused-ring (bicyclic) bond motifs is 2. The Hall–Kier alpha value is -5.80. The number of aromatic nitrogens is 5. The van der Waals surface area contributed by atoms with Crippen molar-refractivity contribution in [1.82, 2.24) is 33.9 Å². The standard InChI is InChI=1S/C50H59FN9O6P/c1-8-22-67(64,9-2)42-13-11-36(27-39(42)52-7)57-18-19-58(49(57)63)45-43-32(6)56(17-14-38(43)54-60(45)37-23-29(3)44(51)30(4)24-37)46(61)41-26-35-25-34(33-15-20-65-21-16-33)10-12-40(35)59(41)50(28-31(50)5)47-53-48(62)66-55-47/h10-13,18-19,23-27,31-33,48,52,62H,8-9,14-17,20-22,28H2,1-7H3,(H,53,55)/t31-,32-,48?,50-,67?/m0/s1. The number of carbonyl (C=O) groups is 1. The molecule has 5 atom stereocenters. The van der Waals surface area contributed by atoms with Gasteiger partial charge in [0.1, 0.15) is 30.0 Å². The third kappa shape index (κ3) is 7.29. The fourth-order valence-corrected chi connectivity index (χ4v) is 13.6. The fourth-order valence-electron chi connectivity index (χ4n) is 11.0. The Bertz CT molecular complexity index is 3070. The summed E-state index contributed by atoms with van der Waals surface area (Å²) in [5, 5.41) is 20.4. The van der Waals surface area contributed by atoms with Gasteiger partial charge >= 0.3 is 5.69 Å². The average molecular weight is 932 g/mol. The van der Waals surface area contributed by atoms with Crippen LogP contribution in [0.4, 0.5) is 10.1 Å². The Labute approximate surface area is 388 Å². The number of nitrogens with one attached hydrogen (secondary N) is 2. The second-order valence-electron chi connectivity index (χ2n) is 18.7. The quantitative estimate of drug-likeness (QED) is 0.105. The molecule has 0 spiro atoms. The lowest BCUT2D eigenvalue weighted by molar-refractivity contribution is -0.103. The third-order valence-electron chi connectivity index (χ3n) is 14.8. The van der Waals surface area contributed by atoms with Gasteiger partial charge in [-0.3, -0.25) is 13.9 Å². The van der Waals surface area contributed by atoms with E-state index in [2.05, 4.69) is 45.5 Å². The zero-order chi connectivity index (χ0) is 47.1. The molecule has 3 aromatic heterocycles. The fraction of sp³-hybridized carbons (Fsp3) is 0.440. The van der Waals surface area contributed by atoms with Crippen LogP contribution in [0.2, 0.25) is 0 Å². The Balaban J connectivity index is 1.10. The van der Waals surface area contributed by atoms with Crippen molar-refractivity contribution in [2.75, 3.05) is 44.4 Å². The van der Waals surface area contributed by atoms with Crippen LogP contribution in [-0.4, -0.2) is 90.8 Å². The number of rotatable bonds is 12. The molecule has 6 aromatic rings. The molecule has 0 radical (unpaired) electrons. The number of amidine groups is 1. The van der Waals surface area contributed by atoms with E-state index < -0.39 is 25.1 Å². The Morgan fingerprint density at radius 3 is 2.40 bits per heavy atom. The molecule has 4 aliphatic rings. The number of nitrogens with zero attached hydrogens (tertiary/aromatic N) is 7. The molecular weight excluding hydrogens is 873 g/mol. The van der Waals surface area contributed by atoms with E-state index in [1.165, 1.54) is 5.56 Å². The minimum Gasteiger partial charge on any atom is -0.387 e. The molecule has 1 saturated carbocycles. The monoisotopic (exact) mass is 931 g/mol. The molecule has 6 heterocycles. The number of benzene rings is 3. The van der Waals surface area contributed by atoms with Gasteiger partial charge in [-0.1, -0.05) is 26.8 Å². The smallest absolute Gasteiger partial charge is 0.338 e. The lowest BCUT2D eigenvalue weighted by atomic mass is 9.91. The van der Waals surface area contributed by atoms with Crippen molar-refractivity contribution in [2.45, 2.75) is 97.6 Å². The highest BCUT2D eigenvalue weighted by molar-refractivity contribution is 7.71. The second kappa shape index (κ2) is 17.1. The number of aliphatic hydroxyl groups excluding tert-OH is 1. The van der Waals surface area contributed by atoms with Crippen LogP contribution in [0.3, 0.4) is 0 Å². The van der Waals surface area contributed by atoms with Crippen LogP contribution in [0, 0.1) is 25.6 Å². The lowest BCUT2D eigenvalue weighted by Crippen LogP contribution is -2.43. The summed E-state index contributed by atoms with van der Waals surface area (Å²) in [5.41, 5.74) is 8.45. The molecule has 3 aromatic carbocycles. The average Bonchev–Trinajstić information content (AvgIpc) is 3.83. The summed E-state index contributed by atoms with van der Waals surface area (Å²) in [4.78, 5) is 42.1. The van der Waals surface area contributed by atoms with Crippen molar-refractivity contribution >= 4 is 40.8 Å². The minimum absolute atomic E-state index is 0.0617. The van der Waals surface area contributed by atoms with Crippen LogP contribution < -0.4 is 21.8 Å². The van der Waals surface area contributed by atoms with E-state index in [4.69, 9.17) is 14.7 Å². The first kappa shape index (κ1) is 45.0. The van der Waals surface area contributed by atoms with Gasteiger partial charge in [-0.05, 0) is 124 Å². The summed E-state index contributed by atoms with van der Waals surface area (Å²) in [6.07, 6.45) is 6.87. The first-order valence-corrected chi connectivity index (χ1v) is 25.6. The molecule has 3 aliphatic heterocycles. The number of hydroxylamine groups is 1. The van der Waals surface area contributed by atoms with Crippen molar-refractivity contribution in [3.8, 4) is 17.2 Å². The maximum Gasteiger partial charge on any atom is 0.338 e. The Morgan fingerprint density at radius 2 is 1.75 bits per heavy atom. The number of halogens is 1. The number of aliphatic imine (C=N–C) groups is 1. The molecule has 67 heavy (non-hydrogen) atoms. The summed E-state index contributed by atoms with van der Waals surface area (Å²) in [6, 6.07) is 16.9. The highest BCUT2D eigenvalue weighted by Gasteiger charge is 2.60. The summed E-state index contributed by atoms with van der Waals surface area (Å²) in [6.45, 7) is 13.2. The highest BCUT2D eigenvalue weighted by atomic mass is 31.2. The SMILES string of the molecule is CCCP(=O)(CC)c1ccc(-n2ccn(-c3c4c(nn3-c3cc(C)c(F)c(C)c3)CCN(C(=O)c3cc5cc(C6CCOCC6)ccc5n3[C@@]3(C5=NC(O)ON5)C[C@@H]3C)[C@H]4C)c2=O)cc1NC. The van der Waals surface area contributed by atoms with Crippen molar-refractivity contribution < 1.29 is 28.4 Å². The van der Waals surface area contributed by atoms with E-state index in [9.17, 15) is 14.5 Å². The van der Waals surface area contributed by atoms with Crippen LogP contribution in [-0.2, 0) is 26.1 Å². The van der Waals surface area contributed by atoms with E-state index in [0.29, 0.717) is 102 Å². The zero-order valence-corrected chi connectivity index (χ0v) is 40.1. The molecule has 1 aliphatic carbocycles. The number of carbonyl (C=O) groups excluding carboxylic acids is 1. The van der Waals surface area contributed by atoms with Gasteiger partial charge in [0.25, 0.3) is 12.3 Å². The van der Waals surface area contributed by atoms with Crippen LogP contribution >= 0.6 is 7.14 Å². The van der Waals surface area contributed by atoms with Crippen molar-refractivity contribution in [3.63, 3.8) is 0 Å². The number of hydrogen-bond donors (Lipinski definition) is 3. The van der Waals surface area contributed by atoms with E-state index in [-0.39, 0.29) is 23.3 Å². The van der Waals surface area contributed by atoms with E-state index in [0.717, 1.165) is 41.2 Å². The van der Waals surface area contributed by atoms with Crippen molar-refractivity contribution in [1.29, 1.82) is 0 Å². The van der Waals surface area contributed by atoms with Crippen LogP contribution in [0.5, 0.6) is 0 Å². The van der Waals surface area contributed by atoms with Crippen molar-refractivity contribution in [3.05, 3.63) is 117 Å². The number of aryl methyl sites for hydroxylation is 2. The van der Waals surface area contributed by atoms with E-state index in [1.54, 1.807) is 59.2 Å². The zero-order valence-electron chi connectivity index (χ0n) is 39.2. The molecule has 2 unspecified atom stereocenters. The predicted octanol–water partition coefficient (Wildman–Crippen LogP) is 7.58. The van der Waals surface area contributed by atoms with Gasteiger partial charge in [-0.25, -0.2) is 29.2 Å². The molecule has 17 heteroatoms. The molecular formula is C50H59FN9O6P. The third-order valence-corrected chi connectivity index (χ3v) is 18.2. The number of hydrogen-bond acceptors (Lipinski definition) is 10. The number of anilines is 1. The predicted molar refractivity (Wildman–Crippen MR) is 258 cm³/mol. The van der Waals surface area contributed by atoms with Gasteiger partial charge in [0.05, 0.1) is 23.1 Å². The van der Waals surface area contributed by atoms with Gasteiger partial charge in [-0.2, -0.15) is 5.10 Å². The van der Waals surface area contributed by atoms with Gasteiger partial charge in [0.2, 0.25) is 0 Å². The molecule has 2 fully saturated rings. The minimum atomic E-state index is -2.67. The maximum absolute atomic E-state index is 15.6. The number of amides is 1. The first-order valence-electron chi connectivity index (χ1n) is 23.6. The molecule has 1 saturated heterocycles. The normalized spacial score (nSPS) is 22.7. The summed E-state index contributed by atoms with van der Waals surface area (Å²) >= 11 is 0. The molecule has 352 valence electrons. The number of imidazole rings is 1. The highest BCUT2D eigenvalue weighted by Crippen LogP contribution is 2.54. The molecule has 0 bridgehead atoms. The molecule has 3 N–H and O–H groups in total. The van der Waals surface area contributed by atoms with Crippen LogP contribution in [0.1, 0.15) is 104 Å². The Morgan fingerprint density at radius 1 is 1.01 bits per heavy atom. The lowest BCUT2D eigenvalue weighted by Gasteiger charge is -2.34. The molecule has 10 rings (SSSR count). The van der Waals surface area contributed by atoms with Gasteiger partial charge in [-0.15, -0.1) is 0 Å². The van der Waals surface area contributed by atoms with Crippen LogP contribution in [0.25, 0.3) is 28.1 Å². The topological polar surface area (TPSA) is 162 Å². The summed E-state index contributed by atoms with van der Waals surface area (Å²) < 4.78 is 41.8. The van der Waals surface area contributed by atoms with E-state index in [1.807, 2.05) is 49.9 Å². The van der Waals surface area contributed by atoms with Gasteiger partial charge < -0.3 is 29.2 Å². The summed E-state index contributed by atoms with van der Waals surface area (Å²) in [5.74, 6) is 0.801. The molecule has 15 nitrogen and oxygen atoms in total. The first-order chi connectivity index (χ1) is 32.2. The molecule has 1 amide bonds. The largest absolute Gasteiger partial charge is 0.387 e. The maximum atomic E-state index is 15.6. The number of ether oxygens (including phenoxy) is 1. The second-order valence-corrected chi connectivity index (χ2v) is 22.1. The van der Waals surface area contributed by atoms with Crippen molar-refractivity contribution in [2.24, 2.45) is 10.9 Å².